The van der Waals surface area contributed by atoms with Crippen molar-refractivity contribution in [2.24, 2.45) is 5.73 Å². The van der Waals surface area contributed by atoms with Gasteiger partial charge >= 0.3 is 0 Å². The Morgan fingerprint density at radius 1 is 1.10 bits per heavy atom. The fourth-order valence-corrected chi connectivity index (χ4v) is 2.53. The molecule has 0 radical (unpaired) electrons. The van der Waals surface area contributed by atoms with Gasteiger partial charge in [-0.05, 0) is 60.7 Å². The minimum atomic E-state index is 0.485. The van der Waals surface area contributed by atoms with E-state index < -0.39 is 0 Å². The van der Waals surface area contributed by atoms with E-state index in [0.717, 1.165) is 33.5 Å². The van der Waals surface area contributed by atoms with Crippen molar-refractivity contribution in [3.05, 3.63) is 57.6 Å². The van der Waals surface area contributed by atoms with Gasteiger partial charge < -0.3 is 10.5 Å². The molecular formula is C18H22BrNO. The van der Waals surface area contributed by atoms with Crippen molar-refractivity contribution in [2.45, 2.75) is 33.1 Å². The molecule has 0 aromatic heterocycles. The first-order valence-electron chi connectivity index (χ1n) is 7.28. The largest absolute Gasteiger partial charge is 0.457 e. The number of nitrogens with two attached hydrogens (primary N) is 1. The quantitative estimate of drug-likeness (QED) is 0.809. The zero-order valence-electron chi connectivity index (χ0n) is 12.8. The van der Waals surface area contributed by atoms with Crippen LogP contribution in [0.25, 0.3) is 0 Å². The second kappa shape index (κ2) is 7.10. The van der Waals surface area contributed by atoms with Crippen molar-refractivity contribution in [2.75, 3.05) is 6.54 Å². The molecule has 21 heavy (non-hydrogen) atoms. The van der Waals surface area contributed by atoms with E-state index >= 15 is 0 Å². The van der Waals surface area contributed by atoms with Gasteiger partial charge in [-0.25, -0.2) is 0 Å². The van der Waals surface area contributed by atoms with Gasteiger partial charge in [0.05, 0.1) is 0 Å². The van der Waals surface area contributed by atoms with E-state index in [-0.39, 0.29) is 0 Å². The van der Waals surface area contributed by atoms with E-state index in [0.29, 0.717) is 12.5 Å². The molecule has 0 fully saturated rings. The molecule has 0 aliphatic carbocycles. The summed E-state index contributed by atoms with van der Waals surface area (Å²) in [5.41, 5.74) is 9.24. The molecule has 0 saturated heterocycles. The number of hydrogen-bond acceptors (Lipinski definition) is 2. The maximum absolute atomic E-state index is 6.18. The van der Waals surface area contributed by atoms with Crippen molar-refractivity contribution < 1.29 is 4.74 Å². The SMILES string of the molecule is Cc1ccc(C(C)C)cc1Oc1cc(Br)ccc1CCN. The van der Waals surface area contributed by atoms with E-state index in [1.54, 1.807) is 0 Å². The Labute approximate surface area is 135 Å². The predicted molar refractivity (Wildman–Crippen MR) is 92.2 cm³/mol. The Morgan fingerprint density at radius 2 is 1.86 bits per heavy atom. The fourth-order valence-electron chi connectivity index (χ4n) is 2.19. The monoisotopic (exact) mass is 347 g/mol. The Hall–Kier alpha value is -1.32. The van der Waals surface area contributed by atoms with E-state index in [1.807, 2.05) is 12.1 Å². The van der Waals surface area contributed by atoms with Gasteiger partial charge in [0.25, 0.3) is 0 Å². The Bertz CT molecular complexity index is 623. The van der Waals surface area contributed by atoms with Crippen molar-refractivity contribution >= 4 is 15.9 Å². The summed E-state index contributed by atoms with van der Waals surface area (Å²) < 4.78 is 7.19. The Morgan fingerprint density at radius 3 is 2.52 bits per heavy atom. The molecule has 2 aromatic rings. The first-order valence-corrected chi connectivity index (χ1v) is 8.07. The summed E-state index contributed by atoms with van der Waals surface area (Å²) in [7, 11) is 0. The van der Waals surface area contributed by atoms with Gasteiger partial charge in [0.1, 0.15) is 11.5 Å². The Balaban J connectivity index is 2.37. The summed E-state index contributed by atoms with van der Waals surface area (Å²) in [5.74, 6) is 2.27. The van der Waals surface area contributed by atoms with Crippen LogP contribution in [0.15, 0.2) is 40.9 Å². The highest BCUT2D eigenvalue weighted by atomic mass is 79.9. The number of halogens is 1. The normalized spacial score (nSPS) is 11.0. The molecule has 0 atom stereocenters. The molecule has 0 heterocycles. The molecule has 0 amide bonds. The van der Waals surface area contributed by atoms with E-state index in [4.69, 9.17) is 10.5 Å². The minimum Gasteiger partial charge on any atom is -0.457 e. The van der Waals surface area contributed by atoms with Gasteiger partial charge in [-0.1, -0.05) is 48.0 Å². The van der Waals surface area contributed by atoms with Crippen molar-refractivity contribution in [3.63, 3.8) is 0 Å². The first kappa shape index (κ1) is 16.1. The summed E-state index contributed by atoms with van der Waals surface area (Å²) >= 11 is 3.51. The molecule has 112 valence electrons. The number of rotatable bonds is 5. The molecule has 2 aromatic carbocycles. The van der Waals surface area contributed by atoms with Crippen LogP contribution in [0, 0.1) is 6.92 Å². The highest BCUT2D eigenvalue weighted by Gasteiger charge is 2.09. The lowest BCUT2D eigenvalue weighted by molar-refractivity contribution is 0.471. The molecule has 0 bridgehead atoms. The van der Waals surface area contributed by atoms with Gasteiger partial charge in [0.15, 0.2) is 0 Å². The van der Waals surface area contributed by atoms with Crippen LogP contribution in [0.5, 0.6) is 11.5 Å². The minimum absolute atomic E-state index is 0.485. The summed E-state index contributed by atoms with van der Waals surface area (Å²) in [4.78, 5) is 0. The molecular weight excluding hydrogens is 326 g/mol. The van der Waals surface area contributed by atoms with Crippen LogP contribution in [-0.2, 0) is 6.42 Å². The molecule has 3 heteroatoms. The molecule has 2 rings (SSSR count). The zero-order valence-corrected chi connectivity index (χ0v) is 14.4. The van der Waals surface area contributed by atoms with Gasteiger partial charge in [-0.2, -0.15) is 0 Å². The average molecular weight is 348 g/mol. The second-order valence-electron chi connectivity index (χ2n) is 5.57. The van der Waals surface area contributed by atoms with Crippen molar-refractivity contribution in [3.8, 4) is 11.5 Å². The topological polar surface area (TPSA) is 35.2 Å². The van der Waals surface area contributed by atoms with Gasteiger partial charge in [0, 0.05) is 4.47 Å². The van der Waals surface area contributed by atoms with Crippen molar-refractivity contribution in [1.82, 2.24) is 0 Å². The van der Waals surface area contributed by atoms with Gasteiger partial charge in [-0.15, -0.1) is 0 Å². The molecule has 0 aliphatic heterocycles. The predicted octanol–water partition coefficient (Wildman–Crippen LogP) is 5.17. The number of hydrogen-bond donors (Lipinski definition) is 1. The third-order valence-electron chi connectivity index (χ3n) is 3.54. The second-order valence-corrected chi connectivity index (χ2v) is 6.49. The average Bonchev–Trinajstić information content (AvgIpc) is 2.44. The third kappa shape index (κ3) is 4.08. The Kier molecular flexibility index (Phi) is 5.43. The van der Waals surface area contributed by atoms with Crippen LogP contribution in [0.4, 0.5) is 0 Å². The smallest absolute Gasteiger partial charge is 0.131 e. The van der Waals surface area contributed by atoms with Crippen LogP contribution in [0.2, 0.25) is 0 Å². The number of aryl methyl sites for hydroxylation is 1. The first-order chi connectivity index (χ1) is 10.0. The molecule has 0 aliphatic rings. The molecule has 2 nitrogen and oxygen atoms in total. The van der Waals surface area contributed by atoms with E-state index in [9.17, 15) is 0 Å². The summed E-state index contributed by atoms with van der Waals surface area (Å²) in [6, 6.07) is 12.5. The van der Waals surface area contributed by atoms with E-state index in [1.165, 1.54) is 5.56 Å². The number of ether oxygens (including phenoxy) is 1. The zero-order chi connectivity index (χ0) is 15.4. The lowest BCUT2D eigenvalue weighted by Crippen LogP contribution is -2.04. The van der Waals surface area contributed by atoms with E-state index in [2.05, 4.69) is 61.0 Å². The maximum atomic E-state index is 6.18. The third-order valence-corrected chi connectivity index (χ3v) is 4.03. The highest BCUT2D eigenvalue weighted by molar-refractivity contribution is 9.10. The molecule has 0 spiro atoms. The fraction of sp³-hybridized carbons (Fsp3) is 0.333. The summed E-state index contributed by atoms with van der Waals surface area (Å²) in [6.07, 6.45) is 0.811. The molecule has 0 unspecified atom stereocenters. The standard InChI is InChI=1S/C18H22BrNO/c1-12(2)15-5-4-13(3)17(10-15)21-18-11-16(19)7-6-14(18)8-9-20/h4-7,10-12H,8-9,20H2,1-3H3. The van der Waals surface area contributed by atoms with Crippen LogP contribution in [-0.4, -0.2) is 6.54 Å². The van der Waals surface area contributed by atoms with Crippen LogP contribution in [0.1, 0.15) is 36.5 Å². The van der Waals surface area contributed by atoms with Gasteiger partial charge in [0.2, 0.25) is 0 Å². The highest BCUT2D eigenvalue weighted by Crippen LogP contribution is 2.32. The number of benzene rings is 2. The van der Waals surface area contributed by atoms with Crippen LogP contribution < -0.4 is 10.5 Å². The lowest BCUT2D eigenvalue weighted by Gasteiger charge is -2.15. The van der Waals surface area contributed by atoms with Gasteiger partial charge in [-0.3, -0.25) is 0 Å². The molecule has 2 N–H and O–H groups in total. The van der Waals surface area contributed by atoms with Crippen LogP contribution >= 0.6 is 15.9 Å². The maximum Gasteiger partial charge on any atom is 0.131 e. The van der Waals surface area contributed by atoms with Crippen molar-refractivity contribution in [1.29, 1.82) is 0 Å². The van der Waals surface area contributed by atoms with Crippen LogP contribution in [0.3, 0.4) is 0 Å². The summed E-state index contributed by atoms with van der Waals surface area (Å²) in [5, 5.41) is 0. The lowest BCUT2D eigenvalue weighted by atomic mass is 10.0. The molecule has 0 saturated carbocycles. The summed E-state index contributed by atoms with van der Waals surface area (Å²) in [6.45, 7) is 7.06.